The van der Waals surface area contributed by atoms with E-state index in [1.54, 1.807) is 18.2 Å². The number of hydrogen-bond acceptors (Lipinski definition) is 5. The fraction of sp³-hybridized carbons (Fsp3) is 0.325. The molecule has 6 nitrogen and oxygen atoms in total. The Kier molecular flexibility index (Phi) is 11.6. The lowest BCUT2D eigenvalue weighted by molar-refractivity contribution is -0.253. The molecule has 3 atom stereocenters. The fourth-order valence-corrected chi connectivity index (χ4v) is 6.90. The maximum atomic E-state index is 14.2. The number of benzene rings is 4. The predicted octanol–water partition coefficient (Wildman–Crippen LogP) is 8.45. The molecule has 0 aromatic heterocycles. The SMILES string of the molecule is C=CCN(C[C@H]1C[C@@H](c2ccc(CO)cc2)O[C@@H](c2cccc(-c3cccc(CNC(=O)c4c(F)c(F)c(F)c(F)c4F)c3)c2)O1)C1CCCC1. The summed E-state index contributed by atoms with van der Waals surface area (Å²) >= 11 is 0. The van der Waals surface area contributed by atoms with Gasteiger partial charge in [0, 0.05) is 37.7 Å². The molecule has 0 spiro atoms. The van der Waals surface area contributed by atoms with Crippen LogP contribution in [0, 0.1) is 29.1 Å². The third-order valence-electron chi connectivity index (χ3n) is 9.57. The summed E-state index contributed by atoms with van der Waals surface area (Å²) in [5.41, 5.74) is 3.12. The second-order valence-electron chi connectivity index (χ2n) is 13.0. The molecule has 1 aliphatic carbocycles. The minimum absolute atomic E-state index is 0.0518. The highest BCUT2D eigenvalue weighted by Crippen LogP contribution is 2.40. The zero-order valence-electron chi connectivity index (χ0n) is 27.9. The zero-order chi connectivity index (χ0) is 36.1. The first kappa shape index (κ1) is 36.4. The topological polar surface area (TPSA) is 71.0 Å². The van der Waals surface area contributed by atoms with Crippen LogP contribution < -0.4 is 5.32 Å². The number of amides is 1. The predicted molar refractivity (Wildman–Crippen MR) is 182 cm³/mol. The number of halogens is 5. The van der Waals surface area contributed by atoms with Gasteiger partial charge >= 0.3 is 0 Å². The van der Waals surface area contributed by atoms with E-state index in [0.29, 0.717) is 18.0 Å². The summed E-state index contributed by atoms with van der Waals surface area (Å²) in [4.78, 5) is 15.0. The van der Waals surface area contributed by atoms with Crippen molar-refractivity contribution in [1.29, 1.82) is 0 Å². The molecule has 2 fully saturated rings. The average Bonchev–Trinajstić information content (AvgIpc) is 3.71. The molecule has 1 saturated heterocycles. The highest BCUT2D eigenvalue weighted by molar-refractivity contribution is 5.94. The fourth-order valence-electron chi connectivity index (χ4n) is 6.90. The summed E-state index contributed by atoms with van der Waals surface area (Å²) in [6, 6.07) is 22.8. The average molecular weight is 707 g/mol. The van der Waals surface area contributed by atoms with Crippen LogP contribution in [0.3, 0.4) is 0 Å². The molecule has 2 N–H and O–H groups in total. The third-order valence-corrected chi connectivity index (χ3v) is 9.57. The second kappa shape index (κ2) is 16.3. The Morgan fingerprint density at radius 1 is 0.824 bits per heavy atom. The number of nitrogens with one attached hydrogen (secondary N) is 1. The smallest absolute Gasteiger partial charge is 0.257 e. The van der Waals surface area contributed by atoms with Crippen LogP contribution in [0.4, 0.5) is 22.0 Å². The lowest BCUT2D eigenvalue weighted by Gasteiger charge is -2.39. The van der Waals surface area contributed by atoms with Crippen molar-refractivity contribution in [3.8, 4) is 11.1 Å². The summed E-state index contributed by atoms with van der Waals surface area (Å²) in [6.45, 7) is 5.18. The number of aliphatic hydroxyl groups excluding tert-OH is 1. The van der Waals surface area contributed by atoms with Gasteiger partial charge in [0.25, 0.3) is 5.91 Å². The van der Waals surface area contributed by atoms with Crippen molar-refractivity contribution in [2.75, 3.05) is 13.1 Å². The molecule has 0 bridgehead atoms. The highest BCUT2D eigenvalue weighted by Gasteiger charge is 2.35. The summed E-state index contributed by atoms with van der Waals surface area (Å²) in [6.07, 6.45) is 6.20. The Balaban J connectivity index is 1.22. The van der Waals surface area contributed by atoms with E-state index in [1.165, 1.54) is 12.8 Å². The maximum Gasteiger partial charge on any atom is 0.257 e. The molecule has 11 heteroatoms. The van der Waals surface area contributed by atoms with Gasteiger partial charge in [-0.25, -0.2) is 22.0 Å². The Hall–Kier alpha value is -4.42. The molecular formula is C40H39F5N2O4. The van der Waals surface area contributed by atoms with E-state index < -0.39 is 46.8 Å². The van der Waals surface area contributed by atoms with Gasteiger partial charge in [-0.1, -0.05) is 79.6 Å². The molecular weight excluding hydrogens is 667 g/mol. The van der Waals surface area contributed by atoms with Crippen LogP contribution >= 0.6 is 0 Å². The quantitative estimate of drug-likeness (QED) is 0.0670. The number of nitrogens with zero attached hydrogens (tertiary/aromatic N) is 1. The zero-order valence-corrected chi connectivity index (χ0v) is 27.9. The summed E-state index contributed by atoms with van der Waals surface area (Å²) < 4.78 is 82.4. The van der Waals surface area contributed by atoms with Gasteiger partial charge in [-0.2, -0.15) is 0 Å². The normalized spacial score (nSPS) is 19.4. The number of ether oxygens (including phenoxy) is 2. The number of aliphatic hydroxyl groups is 1. The largest absolute Gasteiger partial charge is 0.392 e. The standard InChI is InChI=1S/C40H39F5N2O4/c1-2-17-47(30-11-3-4-12-30)22-31-20-32(26-15-13-24(23-48)14-16-26)51-40(50-31)29-10-6-9-28(19-29)27-8-5-7-25(18-27)21-46-39(49)33-34(41)36(43)38(45)37(44)35(33)42/h2,5-10,13-16,18-19,30-32,40,48H,1,3-4,11-12,17,20-23H2,(H,46,49)/t31-,32+,40+/m1/s1. The van der Waals surface area contributed by atoms with E-state index in [1.807, 2.05) is 60.7 Å². The molecule has 0 unspecified atom stereocenters. The lowest BCUT2D eigenvalue weighted by atomic mass is 9.98. The molecule has 4 aromatic carbocycles. The third kappa shape index (κ3) is 8.23. The Bertz CT molecular complexity index is 1840. The number of rotatable bonds is 12. The number of hydrogen-bond donors (Lipinski definition) is 2. The summed E-state index contributed by atoms with van der Waals surface area (Å²) in [5, 5.41) is 11.8. The Labute approximate surface area is 293 Å². The van der Waals surface area contributed by atoms with Crippen molar-refractivity contribution in [3.05, 3.63) is 142 Å². The lowest BCUT2D eigenvalue weighted by Crippen LogP contribution is -2.43. The van der Waals surface area contributed by atoms with Gasteiger partial charge in [-0.05, 0) is 52.8 Å². The molecule has 1 amide bonds. The van der Waals surface area contributed by atoms with Crippen LogP contribution in [0.1, 0.15) is 77.1 Å². The second-order valence-corrected chi connectivity index (χ2v) is 13.0. The molecule has 4 aromatic rings. The van der Waals surface area contributed by atoms with Crippen LogP contribution in [0.15, 0.2) is 85.5 Å². The summed E-state index contributed by atoms with van der Waals surface area (Å²) in [7, 11) is 0. The van der Waals surface area contributed by atoms with Crippen molar-refractivity contribution in [3.63, 3.8) is 0 Å². The van der Waals surface area contributed by atoms with E-state index in [0.717, 1.165) is 53.7 Å². The van der Waals surface area contributed by atoms with Gasteiger partial charge < -0.3 is 19.9 Å². The minimum atomic E-state index is -2.33. The molecule has 2 aliphatic rings. The van der Waals surface area contributed by atoms with E-state index in [-0.39, 0.29) is 25.4 Å². The van der Waals surface area contributed by atoms with Gasteiger partial charge in [0.1, 0.15) is 5.56 Å². The summed E-state index contributed by atoms with van der Waals surface area (Å²) in [5.74, 6) is -12.5. The van der Waals surface area contributed by atoms with Crippen LogP contribution in [0.2, 0.25) is 0 Å². The van der Waals surface area contributed by atoms with Gasteiger partial charge in [0.2, 0.25) is 5.82 Å². The van der Waals surface area contributed by atoms with Crippen LogP contribution in [-0.4, -0.2) is 41.1 Å². The van der Waals surface area contributed by atoms with Gasteiger partial charge in [-0.3, -0.25) is 9.69 Å². The van der Waals surface area contributed by atoms with E-state index in [2.05, 4.69) is 16.8 Å². The van der Waals surface area contributed by atoms with Crippen molar-refractivity contribution in [1.82, 2.24) is 10.2 Å². The molecule has 51 heavy (non-hydrogen) atoms. The first-order valence-corrected chi connectivity index (χ1v) is 17.0. The van der Waals surface area contributed by atoms with Crippen LogP contribution in [0.5, 0.6) is 0 Å². The number of carbonyl (C=O) groups excluding carboxylic acids is 1. The molecule has 1 saturated carbocycles. The van der Waals surface area contributed by atoms with Crippen molar-refractivity contribution >= 4 is 5.91 Å². The van der Waals surface area contributed by atoms with Gasteiger partial charge in [0.15, 0.2) is 29.6 Å². The molecule has 6 rings (SSSR count). The molecule has 0 radical (unpaired) electrons. The Morgan fingerprint density at radius 3 is 2.14 bits per heavy atom. The van der Waals surface area contributed by atoms with Gasteiger partial charge in [0.05, 0.1) is 18.8 Å². The van der Waals surface area contributed by atoms with Crippen molar-refractivity contribution in [2.24, 2.45) is 0 Å². The van der Waals surface area contributed by atoms with Crippen LogP contribution in [-0.2, 0) is 22.6 Å². The maximum absolute atomic E-state index is 14.2. The van der Waals surface area contributed by atoms with E-state index in [9.17, 15) is 31.9 Å². The van der Waals surface area contributed by atoms with Crippen molar-refractivity contribution < 1.29 is 41.3 Å². The van der Waals surface area contributed by atoms with Crippen molar-refractivity contribution in [2.45, 2.75) is 69.8 Å². The first-order chi connectivity index (χ1) is 24.7. The molecule has 268 valence electrons. The van der Waals surface area contributed by atoms with Gasteiger partial charge in [-0.15, -0.1) is 6.58 Å². The molecule has 1 heterocycles. The van der Waals surface area contributed by atoms with E-state index >= 15 is 0 Å². The minimum Gasteiger partial charge on any atom is -0.392 e. The molecule has 1 aliphatic heterocycles. The van der Waals surface area contributed by atoms with E-state index in [4.69, 9.17) is 9.47 Å². The monoisotopic (exact) mass is 706 g/mol. The van der Waals surface area contributed by atoms with Crippen LogP contribution in [0.25, 0.3) is 11.1 Å². The Morgan fingerprint density at radius 2 is 1.47 bits per heavy atom. The number of carbonyl (C=O) groups is 1. The first-order valence-electron chi connectivity index (χ1n) is 17.0. The highest BCUT2D eigenvalue weighted by atomic mass is 19.2.